The Morgan fingerprint density at radius 2 is 1.85 bits per heavy atom. The van der Waals surface area contributed by atoms with Crippen LogP contribution in [0.3, 0.4) is 0 Å². The third kappa shape index (κ3) is 6.50. The monoisotopic (exact) mass is 502 g/mol. The molecular formula is C22H26N6O4S2. The van der Waals surface area contributed by atoms with Gasteiger partial charge in [0, 0.05) is 37.1 Å². The van der Waals surface area contributed by atoms with Gasteiger partial charge in [0.2, 0.25) is 26.0 Å². The maximum absolute atomic E-state index is 12.5. The summed E-state index contributed by atoms with van der Waals surface area (Å²) in [6.45, 7) is 0.935. The number of hydrogen-bond donors (Lipinski definition) is 4. The van der Waals surface area contributed by atoms with Gasteiger partial charge in [0.05, 0.1) is 10.6 Å². The van der Waals surface area contributed by atoms with Gasteiger partial charge in [-0.05, 0) is 36.6 Å². The molecule has 1 aliphatic rings. The summed E-state index contributed by atoms with van der Waals surface area (Å²) in [4.78, 5) is 9.01. The standard InChI is InChI=1S/C22H26N6O4S2/c29-33(30,16-17-6-2-1-3-7-17)25-13-10-18-15-24-22-27-19-8-4-9-20(14-19)34(31,32)26-12-5-11-23-21(18)28-22/h1-4,6-9,14-15,25-26H,5,10-13,16H2,(H2,23,24,27,28). The molecule has 0 radical (unpaired) electrons. The van der Waals surface area contributed by atoms with E-state index in [-0.39, 0.29) is 23.7 Å². The second kappa shape index (κ2) is 10.5. The average Bonchev–Trinajstić information content (AvgIpc) is 2.80. The molecule has 34 heavy (non-hydrogen) atoms. The maximum Gasteiger partial charge on any atom is 0.240 e. The van der Waals surface area contributed by atoms with Gasteiger partial charge in [-0.25, -0.2) is 31.3 Å². The molecule has 0 spiro atoms. The van der Waals surface area contributed by atoms with E-state index in [0.29, 0.717) is 42.4 Å². The van der Waals surface area contributed by atoms with E-state index in [9.17, 15) is 16.8 Å². The summed E-state index contributed by atoms with van der Waals surface area (Å²) < 4.78 is 55.0. The number of rotatable bonds is 6. The van der Waals surface area contributed by atoms with Crippen molar-refractivity contribution in [2.45, 2.75) is 23.5 Å². The van der Waals surface area contributed by atoms with Crippen LogP contribution >= 0.6 is 0 Å². The van der Waals surface area contributed by atoms with Crippen molar-refractivity contribution in [2.24, 2.45) is 0 Å². The molecule has 0 amide bonds. The Morgan fingerprint density at radius 1 is 1.03 bits per heavy atom. The quantitative estimate of drug-likeness (QED) is 0.401. The van der Waals surface area contributed by atoms with Crippen LogP contribution in [0.15, 0.2) is 65.7 Å². The van der Waals surface area contributed by atoms with Crippen LogP contribution in [0.5, 0.6) is 0 Å². The summed E-state index contributed by atoms with van der Waals surface area (Å²) in [6.07, 6.45) is 2.56. The number of aromatic nitrogens is 2. The highest BCUT2D eigenvalue weighted by molar-refractivity contribution is 7.89. The lowest BCUT2D eigenvalue weighted by Crippen LogP contribution is -2.27. The lowest BCUT2D eigenvalue weighted by Gasteiger charge is -2.13. The highest BCUT2D eigenvalue weighted by atomic mass is 32.2. The Balaban J connectivity index is 1.47. The van der Waals surface area contributed by atoms with Crippen LogP contribution in [0.25, 0.3) is 0 Å². The molecule has 2 heterocycles. The smallest absolute Gasteiger partial charge is 0.240 e. The number of nitrogens with one attached hydrogen (secondary N) is 4. The van der Waals surface area contributed by atoms with E-state index in [1.54, 1.807) is 42.6 Å². The van der Waals surface area contributed by atoms with Gasteiger partial charge in [0.15, 0.2) is 0 Å². The summed E-state index contributed by atoms with van der Waals surface area (Å²) in [5.74, 6) is 0.781. The minimum atomic E-state index is -3.62. The summed E-state index contributed by atoms with van der Waals surface area (Å²) >= 11 is 0. The fourth-order valence-corrected chi connectivity index (χ4v) is 5.71. The summed E-state index contributed by atoms with van der Waals surface area (Å²) in [5.41, 5.74) is 2.00. The van der Waals surface area contributed by atoms with Gasteiger partial charge in [0.1, 0.15) is 5.82 Å². The molecule has 2 aromatic carbocycles. The zero-order chi connectivity index (χ0) is 24.0. The Morgan fingerprint density at radius 3 is 2.68 bits per heavy atom. The van der Waals surface area contributed by atoms with Crippen molar-refractivity contribution in [3.05, 3.63) is 71.9 Å². The number of benzene rings is 2. The fourth-order valence-electron chi connectivity index (χ4n) is 3.44. The molecule has 12 heteroatoms. The molecule has 4 rings (SSSR count). The van der Waals surface area contributed by atoms with E-state index in [4.69, 9.17) is 0 Å². The number of fused-ring (bicyclic) bond motifs is 4. The first kappa shape index (κ1) is 24.1. The third-order valence-corrected chi connectivity index (χ3v) is 7.93. The maximum atomic E-state index is 12.5. The molecule has 0 unspecified atom stereocenters. The zero-order valence-corrected chi connectivity index (χ0v) is 20.0. The van der Waals surface area contributed by atoms with Crippen LogP contribution in [0.4, 0.5) is 17.5 Å². The predicted octanol–water partition coefficient (Wildman–Crippen LogP) is 1.98. The summed E-state index contributed by atoms with van der Waals surface area (Å²) in [7, 11) is -7.10. The van der Waals surface area contributed by atoms with Crippen molar-refractivity contribution in [3.63, 3.8) is 0 Å². The van der Waals surface area contributed by atoms with Gasteiger partial charge in [-0.1, -0.05) is 36.4 Å². The largest absolute Gasteiger partial charge is 0.370 e. The van der Waals surface area contributed by atoms with Crippen LogP contribution in [-0.4, -0.2) is 46.4 Å². The Labute approximate surface area is 199 Å². The predicted molar refractivity (Wildman–Crippen MR) is 131 cm³/mol. The highest BCUT2D eigenvalue weighted by Gasteiger charge is 2.16. The molecule has 1 aliphatic heterocycles. The van der Waals surface area contributed by atoms with Gasteiger partial charge in [-0.2, -0.15) is 4.98 Å². The van der Waals surface area contributed by atoms with Gasteiger partial charge >= 0.3 is 0 Å². The molecule has 0 aliphatic carbocycles. The Bertz CT molecular complexity index is 1350. The number of hydrogen-bond acceptors (Lipinski definition) is 8. The van der Waals surface area contributed by atoms with E-state index in [1.807, 2.05) is 6.07 Å². The molecular weight excluding hydrogens is 476 g/mol. The van der Waals surface area contributed by atoms with Crippen LogP contribution < -0.4 is 20.1 Å². The molecule has 4 bridgehead atoms. The lowest BCUT2D eigenvalue weighted by molar-refractivity contribution is 0.578. The molecule has 0 saturated heterocycles. The van der Waals surface area contributed by atoms with E-state index >= 15 is 0 Å². The molecule has 3 aromatic rings. The minimum Gasteiger partial charge on any atom is -0.370 e. The first-order valence-electron chi connectivity index (χ1n) is 10.8. The number of anilines is 3. The molecule has 180 valence electrons. The van der Waals surface area contributed by atoms with Gasteiger partial charge < -0.3 is 10.6 Å². The Hall–Kier alpha value is -3.06. The number of nitrogens with zero attached hydrogens (tertiary/aromatic N) is 2. The first-order valence-corrected chi connectivity index (χ1v) is 13.9. The van der Waals surface area contributed by atoms with E-state index in [2.05, 4.69) is 30.0 Å². The van der Waals surface area contributed by atoms with Crippen molar-refractivity contribution >= 4 is 37.5 Å². The van der Waals surface area contributed by atoms with Crippen molar-refractivity contribution in [3.8, 4) is 0 Å². The first-order chi connectivity index (χ1) is 16.3. The fraction of sp³-hybridized carbons (Fsp3) is 0.273. The van der Waals surface area contributed by atoms with Crippen molar-refractivity contribution in [2.75, 3.05) is 30.3 Å². The summed E-state index contributed by atoms with van der Waals surface area (Å²) in [5, 5.41) is 6.24. The number of sulfonamides is 2. The van der Waals surface area contributed by atoms with Crippen molar-refractivity contribution < 1.29 is 16.8 Å². The van der Waals surface area contributed by atoms with Gasteiger partial charge in [0.25, 0.3) is 0 Å². The highest BCUT2D eigenvalue weighted by Crippen LogP contribution is 2.21. The van der Waals surface area contributed by atoms with E-state index in [1.165, 1.54) is 12.1 Å². The topological polar surface area (TPSA) is 142 Å². The second-order valence-electron chi connectivity index (χ2n) is 7.79. The van der Waals surface area contributed by atoms with Crippen molar-refractivity contribution in [1.29, 1.82) is 0 Å². The SMILES string of the molecule is O=S(=O)(Cc1ccccc1)NCCc1cnc2nc1NCCCNS(=O)(=O)c1cccc(c1)N2. The molecule has 0 fully saturated rings. The average molecular weight is 503 g/mol. The second-order valence-corrected chi connectivity index (χ2v) is 11.4. The molecule has 10 nitrogen and oxygen atoms in total. The van der Waals surface area contributed by atoms with Crippen LogP contribution in [-0.2, 0) is 32.2 Å². The third-order valence-electron chi connectivity index (χ3n) is 5.12. The zero-order valence-electron chi connectivity index (χ0n) is 18.4. The Kier molecular flexibility index (Phi) is 7.41. The van der Waals surface area contributed by atoms with Gasteiger partial charge in [-0.15, -0.1) is 0 Å². The molecule has 0 saturated carbocycles. The minimum absolute atomic E-state index is 0.0900. The normalized spacial score (nSPS) is 15.6. The van der Waals surface area contributed by atoms with Gasteiger partial charge in [-0.3, -0.25) is 0 Å². The van der Waals surface area contributed by atoms with Crippen LogP contribution in [0.1, 0.15) is 17.5 Å². The lowest BCUT2D eigenvalue weighted by atomic mass is 10.2. The van der Waals surface area contributed by atoms with Crippen molar-refractivity contribution in [1.82, 2.24) is 19.4 Å². The van der Waals surface area contributed by atoms with E-state index < -0.39 is 20.0 Å². The summed E-state index contributed by atoms with van der Waals surface area (Å²) in [6, 6.07) is 15.4. The van der Waals surface area contributed by atoms with Crippen LogP contribution in [0, 0.1) is 0 Å². The molecule has 0 atom stereocenters. The van der Waals surface area contributed by atoms with Crippen LogP contribution in [0.2, 0.25) is 0 Å². The van der Waals surface area contributed by atoms with E-state index in [0.717, 1.165) is 5.56 Å². The molecule has 4 N–H and O–H groups in total. The molecule has 1 aromatic heterocycles.